The molecular weight excluding hydrogens is 170 g/mol. The molecule has 13 heavy (non-hydrogen) atoms. The summed E-state index contributed by atoms with van der Waals surface area (Å²) in [7, 11) is 0. The van der Waals surface area contributed by atoms with Gasteiger partial charge in [-0.1, -0.05) is 6.92 Å². The van der Waals surface area contributed by atoms with Gasteiger partial charge in [0.05, 0.1) is 6.04 Å². The number of hydrogen-bond donors (Lipinski definition) is 3. The van der Waals surface area contributed by atoms with Gasteiger partial charge in [-0.2, -0.15) is 0 Å². The van der Waals surface area contributed by atoms with Crippen molar-refractivity contribution < 1.29 is 9.59 Å². The number of carbonyl (C=O) groups excluding carboxylic acids is 2. The molecule has 5 N–H and O–H groups in total. The zero-order valence-electron chi connectivity index (χ0n) is 8.26. The second kappa shape index (κ2) is 4.23. The molecule has 0 bridgehead atoms. The van der Waals surface area contributed by atoms with Crippen LogP contribution in [0.4, 0.5) is 0 Å². The predicted molar refractivity (Wildman–Crippen MR) is 49.7 cm³/mol. The van der Waals surface area contributed by atoms with E-state index in [1.165, 1.54) is 13.8 Å². The van der Waals surface area contributed by atoms with E-state index in [1.807, 2.05) is 0 Å². The first-order valence-electron chi connectivity index (χ1n) is 4.18. The van der Waals surface area contributed by atoms with E-state index in [-0.39, 0.29) is 5.91 Å². The topological polar surface area (TPSA) is 98.2 Å². The molecule has 5 heteroatoms. The van der Waals surface area contributed by atoms with Gasteiger partial charge in [0, 0.05) is 0 Å². The average molecular weight is 187 g/mol. The fraction of sp³-hybridized carbons (Fsp3) is 0.750. The van der Waals surface area contributed by atoms with Gasteiger partial charge in [0.25, 0.3) is 0 Å². The summed E-state index contributed by atoms with van der Waals surface area (Å²) in [5.74, 6) is -0.935. The molecule has 0 rings (SSSR count). The molecule has 2 amide bonds. The highest BCUT2D eigenvalue weighted by molar-refractivity contribution is 5.91. The van der Waals surface area contributed by atoms with Crippen molar-refractivity contribution in [2.75, 3.05) is 0 Å². The van der Waals surface area contributed by atoms with Crippen LogP contribution in [-0.4, -0.2) is 23.4 Å². The van der Waals surface area contributed by atoms with Crippen LogP contribution in [0.2, 0.25) is 0 Å². The molecule has 0 aliphatic carbocycles. The van der Waals surface area contributed by atoms with Gasteiger partial charge in [-0.25, -0.2) is 0 Å². The summed E-state index contributed by atoms with van der Waals surface area (Å²) in [6, 6.07) is -0.585. The molecule has 1 atom stereocenters. The monoisotopic (exact) mass is 187 g/mol. The Bertz CT molecular complexity index is 213. The SMILES string of the molecule is CC[C@H](N)C(=O)NC(C)(C)C(N)=O. The van der Waals surface area contributed by atoms with Gasteiger partial charge in [-0.3, -0.25) is 9.59 Å². The summed E-state index contributed by atoms with van der Waals surface area (Å²) < 4.78 is 0. The van der Waals surface area contributed by atoms with E-state index in [0.29, 0.717) is 6.42 Å². The molecule has 0 aliphatic heterocycles. The molecule has 0 spiro atoms. The molecule has 0 aromatic heterocycles. The van der Waals surface area contributed by atoms with Crippen molar-refractivity contribution in [1.29, 1.82) is 0 Å². The minimum absolute atomic E-state index is 0.355. The standard InChI is InChI=1S/C8H17N3O2/c1-4-5(9)6(12)11-8(2,3)7(10)13/h5H,4,9H2,1-3H3,(H2,10,13)(H,11,12)/t5-/m0/s1. The lowest BCUT2D eigenvalue weighted by Crippen LogP contribution is -2.56. The van der Waals surface area contributed by atoms with E-state index in [2.05, 4.69) is 5.32 Å². The smallest absolute Gasteiger partial charge is 0.242 e. The molecule has 0 heterocycles. The molecule has 0 saturated carbocycles. The van der Waals surface area contributed by atoms with Gasteiger partial charge in [-0.15, -0.1) is 0 Å². The lowest BCUT2D eigenvalue weighted by atomic mass is 10.0. The zero-order valence-corrected chi connectivity index (χ0v) is 8.26. The molecule has 0 aromatic carbocycles. The summed E-state index contributed by atoms with van der Waals surface area (Å²) in [4.78, 5) is 22.1. The molecular formula is C8H17N3O2. The summed E-state index contributed by atoms with van der Waals surface area (Å²) in [6.45, 7) is 4.87. The Labute approximate surface area is 77.8 Å². The maximum atomic E-state index is 11.3. The van der Waals surface area contributed by atoms with E-state index < -0.39 is 17.5 Å². The number of amides is 2. The fourth-order valence-electron chi connectivity index (χ4n) is 0.648. The quantitative estimate of drug-likeness (QED) is 0.532. The molecule has 76 valence electrons. The maximum Gasteiger partial charge on any atom is 0.242 e. The fourth-order valence-corrected chi connectivity index (χ4v) is 0.648. The second-order valence-electron chi connectivity index (χ2n) is 3.49. The van der Waals surface area contributed by atoms with Crippen molar-refractivity contribution in [3.8, 4) is 0 Å². The molecule has 0 radical (unpaired) electrons. The number of primary amides is 1. The number of nitrogens with one attached hydrogen (secondary N) is 1. The van der Waals surface area contributed by atoms with Crippen LogP contribution in [0, 0.1) is 0 Å². The Morgan fingerprint density at radius 2 is 1.92 bits per heavy atom. The van der Waals surface area contributed by atoms with E-state index in [0.717, 1.165) is 0 Å². The van der Waals surface area contributed by atoms with Gasteiger partial charge in [-0.05, 0) is 20.3 Å². The minimum atomic E-state index is -1.04. The Hall–Kier alpha value is -1.10. The number of hydrogen-bond acceptors (Lipinski definition) is 3. The van der Waals surface area contributed by atoms with Crippen molar-refractivity contribution >= 4 is 11.8 Å². The first-order valence-corrected chi connectivity index (χ1v) is 4.18. The lowest BCUT2D eigenvalue weighted by molar-refractivity contribution is -0.131. The minimum Gasteiger partial charge on any atom is -0.368 e. The van der Waals surface area contributed by atoms with Crippen LogP contribution in [0.3, 0.4) is 0 Å². The van der Waals surface area contributed by atoms with Crippen LogP contribution >= 0.6 is 0 Å². The van der Waals surface area contributed by atoms with Crippen molar-refractivity contribution in [1.82, 2.24) is 5.32 Å². The predicted octanol–water partition coefficient (Wildman–Crippen LogP) is -0.896. The molecule has 5 nitrogen and oxygen atoms in total. The normalized spacial score (nSPS) is 13.5. The second-order valence-corrected chi connectivity index (χ2v) is 3.49. The first kappa shape index (κ1) is 11.9. The third kappa shape index (κ3) is 3.42. The van der Waals surface area contributed by atoms with Crippen LogP contribution in [0.5, 0.6) is 0 Å². The van der Waals surface area contributed by atoms with Gasteiger partial charge < -0.3 is 16.8 Å². The van der Waals surface area contributed by atoms with E-state index in [9.17, 15) is 9.59 Å². The third-order valence-corrected chi connectivity index (χ3v) is 1.83. The van der Waals surface area contributed by atoms with Crippen LogP contribution in [0.15, 0.2) is 0 Å². The third-order valence-electron chi connectivity index (χ3n) is 1.83. The molecule has 0 aromatic rings. The van der Waals surface area contributed by atoms with Crippen molar-refractivity contribution in [3.05, 3.63) is 0 Å². The number of carbonyl (C=O) groups is 2. The summed E-state index contributed by atoms with van der Waals surface area (Å²) in [6.07, 6.45) is 0.528. The molecule has 0 saturated heterocycles. The Morgan fingerprint density at radius 1 is 1.46 bits per heavy atom. The number of rotatable bonds is 4. The summed E-state index contributed by atoms with van der Waals surface area (Å²) >= 11 is 0. The van der Waals surface area contributed by atoms with Gasteiger partial charge in [0.15, 0.2) is 0 Å². The highest BCUT2D eigenvalue weighted by atomic mass is 16.2. The lowest BCUT2D eigenvalue weighted by Gasteiger charge is -2.23. The molecule has 0 fully saturated rings. The Morgan fingerprint density at radius 3 is 2.23 bits per heavy atom. The van der Waals surface area contributed by atoms with Crippen molar-refractivity contribution in [2.24, 2.45) is 11.5 Å². The van der Waals surface area contributed by atoms with Crippen LogP contribution < -0.4 is 16.8 Å². The summed E-state index contributed by atoms with van der Waals surface area (Å²) in [5.41, 5.74) is 9.49. The largest absolute Gasteiger partial charge is 0.368 e. The van der Waals surface area contributed by atoms with Crippen LogP contribution in [0.25, 0.3) is 0 Å². The Balaban J connectivity index is 4.28. The van der Waals surface area contributed by atoms with Gasteiger partial charge >= 0.3 is 0 Å². The molecule has 0 unspecified atom stereocenters. The maximum absolute atomic E-state index is 11.3. The Kier molecular flexibility index (Phi) is 3.87. The highest BCUT2D eigenvalue weighted by Gasteiger charge is 2.28. The van der Waals surface area contributed by atoms with Gasteiger partial charge in [0.2, 0.25) is 11.8 Å². The summed E-state index contributed by atoms with van der Waals surface area (Å²) in [5, 5.41) is 2.47. The van der Waals surface area contributed by atoms with Gasteiger partial charge in [0.1, 0.15) is 5.54 Å². The molecule has 0 aliphatic rings. The number of nitrogens with two attached hydrogens (primary N) is 2. The van der Waals surface area contributed by atoms with Crippen molar-refractivity contribution in [2.45, 2.75) is 38.8 Å². The average Bonchev–Trinajstić information content (AvgIpc) is 2.01. The van der Waals surface area contributed by atoms with Crippen LogP contribution in [0.1, 0.15) is 27.2 Å². The van der Waals surface area contributed by atoms with Crippen LogP contribution in [-0.2, 0) is 9.59 Å². The first-order chi connectivity index (χ1) is 5.81. The van der Waals surface area contributed by atoms with E-state index in [1.54, 1.807) is 6.92 Å². The van der Waals surface area contributed by atoms with E-state index >= 15 is 0 Å². The highest BCUT2D eigenvalue weighted by Crippen LogP contribution is 2.01. The van der Waals surface area contributed by atoms with Crippen molar-refractivity contribution in [3.63, 3.8) is 0 Å². The van der Waals surface area contributed by atoms with E-state index in [4.69, 9.17) is 11.5 Å². The zero-order chi connectivity index (χ0) is 10.6.